The van der Waals surface area contributed by atoms with E-state index >= 15 is 0 Å². The maximum absolute atomic E-state index is 5.13. The molecule has 0 heterocycles. The molecule has 1 rings (SSSR count). The van der Waals surface area contributed by atoms with Crippen molar-refractivity contribution in [1.82, 2.24) is 4.90 Å². The van der Waals surface area contributed by atoms with Gasteiger partial charge in [-0.3, -0.25) is 0 Å². The van der Waals surface area contributed by atoms with Crippen molar-refractivity contribution in [2.75, 3.05) is 39.6 Å². The second-order valence-corrected chi connectivity index (χ2v) is 5.62. The first-order chi connectivity index (χ1) is 7.72. The Morgan fingerprint density at radius 1 is 1.19 bits per heavy atom. The maximum Gasteiger partial charge on any atom is 0.0589 e. The predicted molar refractivity (Wildman–Crippen MR) is 73.4 cm³/mol. The molecule has 0 amide bonds. The van der Waals surface area contributed by atoms with Crippen LogP contribution in [0.15, 0.2) is 0 Å². The number of nitrogens with zero attached hydrogens (tertiary/aromatic N) is 1. The van der Waals surface area contributed by atoms with Gasteiger partial charge in [0.1, 0.15) is 0 Å². The number of hydrogen-bond donors (Lipinski definition) is 1. The van der Waals surface area contributed by atoms with E-state index < -0.39 is 0 Å². The minimum atomic E-state index is 0.460. The highest BCUT2D eigenvalue weighted by Crippen LogP contribution is 2.36. The predicted octanol–water partition coefficient (Wildman–Crippen LogP) is 2.84. The third-order valence-corrected chi connectivity index (χ3v) is 4.45. The Bertz CT molecular complexity index is 179. The second-order valence-electron chi connectivity index (χ2n) is 5.30. The Morgan fingerprint density at radius 3 is 2.31 bits per heavy atom. The van der Waals surface area contributed by atoms with Gasteiger partial charge in [0.05, 0.1) is 6.61 Å². The van der Waals surface area contributed by atoms with Crippen molar-refractivity contribution in [3.05, 3.63) is 0 Å². The fraction of sp³-hybridized carbons (Fsp3) is 1.00. The van der Waals surface area contributed by atoms with Crippen LogP contribution in [0, 0.1) is 5.41 Å². The molecular formula is C13H27NOS. The first-order valence-corrected chi connectivity index (χ1v) is 7.14. The number of likely N-dealkylation sites (N-methyl/N-ethyl adjacent to an activating group) is 1. The summed E-state index contributed by atoms with van der Waals surface area (Å²) in [6.07, 6.45) is 8.31. The molecule has 16 heavy (non-hydrogen) atoms. The average Bonchev–Trinajstić information content (AvgIpc) is 2.52. The largest absolute Gasteiger partial charge is 0.383 e. The molecule has 0 spiro atoms. The third kappa shape index (κ3) is 4.64. The van der Waals surface area contributed by atoms with Gasteiger partial charge in [0.25, 0.3) is 0 Å². The highest BCUT2D eigenvalue weighted by Gasteiger charge is 2.30. The summed E-state index contributed by atoms with van der Waals surface area (Å²) in [4.78, 5) is 2.41. The molecule has 0 aromatic carbocycles. The Balaban J connectivity index is 2.43. The van der Waals surface area contributed by atoms with Gasteiger partial charge < -0.3 is 9.64 Å². The van der Waals surface area contributed by atoms with Gasteiger partial charge in [0.2, 0.25) is 0 Å². The molecule has 0 bridgehead atoms. The molecule has 0 atom stereocenters. The summed E-state index contributed by atoms with van der Waals surface area (Å²) in [5, 5.41) is 0. The van der Waals surface area contributed by atoms with Crippen LogP contribution in [0.3, 0.4) is 0 Å². The molecule has 0 aromatic rings. The van der Waals surface area contributed by atoms with Crippen molar-refractivity contribution < 1.29 is 4.74 Å². The average molecular weight is 245 g/mol. The van der Waals surface area contributed by atoms with Crippen LogP contribution < -0.4 is 0 Å². The van der Waals surface area contributed by atoms with E-state index in [1.807, 2.05) is 0 Å². The summed E-state index contributed by atoms with van der Waals surface area (Å²) in [5.74, 6) is 1.03. The number of methoxy groups -OCH3 is 1. The van der Waals surface area contributed by atoms with E-state index in [1.165, 1.54) is 45.1 Å². The molecule has 0 saturated heterocycles. The summed E-state index contributed by atoms with van der Waals surface area (Å²) in [6.45, 7) is 3.05. The van der Waals surface area contributed by atoms with Gasteiger partial charge in [0, 0.05) is 20.2 Å². The highest BCUT2D eigenvalue weighted by atomic mass is 32.1. The first-order valence-electron chi connectivity index (χ1n) is 6.51. The summed E-state index contributed by atoms with van der Waals surface area (Å²) in [5.41, 5.74) is 0.460. The van der Waals surface area contributed by atoms with E-state index in [-0.39, 0.29) is 0 Å². The van der Waals surface area contributed by atoms with Crippen LogP contribution in [0.5, 0.6) is 0 Å². The van der Waals surface area contributed by atoms with Crippen molar-refractivity contribution >= 4 is 12.6 Å². The summed E-state index contributed by atoms with van der Waals surface area (Å²) >= 11 is 4.60. The molecule has 2 nitrogen and oxygen atoms in total. The molecular weight excluding hydrogens is 218 g/mol. The molecule has 0 radical (unpaired) electrons. The SMILES string of the molecule is COCCN(C)CC1(CS)CCCCCC1. The second kappa shape index (κ2) is 7.57. The van der Waals surface area contributed by atoms with Crippen LogP contribution >= 0.6 is 12.6 Å². The van der Waals surface area contributed by atoms with E-state index in [4.69, 9.17) is 4.74 Å². The van der Waals surface area contributed by atoms with Gasteiger partial charge in [0.15, 0.2) is 0 Å². The molecule has 1 fully saturated rings. The van der Waals surface area contributed by atoms with Gasteiger partial charge in [-0.2, -0.15) is 12.6 Å². The summed E-state index contributed by atoms with van der Waals surface area (Å²) < 4.78 is 5.13. The molecule has 96 valence electrons. The fourth-order valence-electron chi connectivity index (χ4n) is 2.74. The minimum absolute atomic E-state index is 0.460. The Hall–Kier alpha value is 0.270. The molecule has 3 heteroatoms. The van der Waals surface area contributed by atoms with Crippen LogP contribution in [-0.2, 0) is 4.74 Å². The fourth-order valence-corrected chi connectivity index (χ4v) is 3.16. The van der Waals surface area contributed by atoms with Crippen LogP contribution in [0.1, 0.15) is 38.5 Å². The third-order valence-electron chi connectivity index (χ3n) is 3.78. The summed E-state index contributed by atoms with van der Waals surface area (Å²) in [6, 6.07) is 0. The lowest BCUT2D eigenvalue weighted by Crippen LogP contribution is -2.38. The standard InChI is InChI=1S/C13H27NOS/c1-14(9-10-15-2)11-13(12-16)7-5-3-4-6-8-13/h16H,3-12H2,1-2H3. The van der Waals surface area contributed by atoms with Gasteiger partial charge in [-0.05, 0) is 31.1 Å². The highest BCUT2D eigenvalue weighted by molar-refractivity contribution is 7.80. The molecule has 0 unspecified atom stereocenters. The van der Waals surface area contributed by atoms with E-state index in [2.05, 4.69) is 24.6 Å². The zero-order chi connectivity index (χ0) is 11.9. The van der Waals surface area contributed by atoms with Gasteiger partial charge in [-0.1, -0.05) is 25.7 Å². The van der Waals surface area contributed by atoms with Crippen molar-refractivity contribution in [2.24, 2.45) is 5.41 Å². The smallest absolute Gasteiger partial charge is 0.0589 e. The monoisotopic (exact) mass is 245 g/mol. The topological polar surface area (TPSA) is 12.5 Å². The zero-order valence-corrected chi connectivity index (χ0v) is 11.8. The van der Waals surface area contributed by atoms with Gasteiger partial charge in [-0.25, -0.2) is 0 Å². The van der Waals surface area contributed by atoms with E-state index in [0.717, 1.165) is 18.9 Å². The number of ether oxygens (including phenoxy) is 1. The number of hydrogen-bond acceptors (Lipinski definition) is 3. The number of rotatable bonds is 6. The van der Waals surface area contributed by atoms with Gasteiger partial charge in [-0.15, -0.1) is 0 Å². The molecule has 1 aliphatic carbocycles. The number of thiol groups is 1. The minimum Gasteiger partial charge on any atom is -0.383 e. The first kappa shape index (κ1) is 14.3. The Kier molecular flexibility index (Phi) is 6.78. The van der Waals surface area contributed by atoms with E-state index in [0.29, 0.717) is 5.41 Å². The summed E-state index contributed by atoms with van der Waals surface area (Å²) in [7, 11) is 3.98. The molecule has 1 saturated carbocycles. The van der Waals surface area contributed by atoms with Gasteiger partial charge >= 0.3 is 0 Å². The molecule has 0 aromatic heterocycles. The van der Waals surface area contributed by atoms with Crippen LogP contribution in [0.25, 0.3) is 0 Å². The molecule has 1 aliphatic rings. The molecule has 0 N–H and O–H groups in total. The Labute approximate surface area is 106 Å². The van der Waals surface area contributed by atoms with Crippen molar-refractivity contribution in [2.45, 2.75) is 38.5 Å². The van der Waals surface area contributed by atoms with Crippen LogP contribution in [0.2, 0.25) is 0 Å². The maximum atomic E-state index is 5.13. The normalized spacial score (nSPS) is 21.0. The van der Waals surface area contributed by atoms with Crippen molar-refractivity contribution in [3.8, 4) is 0 Å². The zero-order valence-electron chi connectivity index (χ0n) is 10.9. The lowest BCUT2D eigenvalue weighted by Gasteiger charge is -2.35. The van der Waals surface area contributed by atoms with E-state index in [9.17, 15) is 0 Å². The van der Waals surface area contributed by atoms with Crippen molar-refractivity contribution in [1.29, 1.82) is 0 Å². The van der Waals surface area contributed by atoms with Crippen LogP contribution in [0.4, 0.5) is 0 Å². The van der Waals surface area contributed by atoms with Crippen molar-refractivity contribution in [3.63, 3.8) is 0 Å². The van der Waals surface area contributed by atoms with E-state index in [1.54, 1.807) is 7.11 Å². The molecule has 0 aliphatic heterocycles. The lowest BCUT2D eigenvalue weighted by molar-refractivity contribution is 0.124. The van der Waals surface area contributed by atoms with Crippen LogP contribution in [-0.4, -0.2) is 44.5 Å². The quantitative estimate of drug-likeness (QED) is 0.571. The lowest BCUT2D eigenvalue weighted by atomic mass is 9.82. The Morgan fingerprint density at radius 2 is 1.81 bits per heavy atom.